The summed E-state index contributed by atoms with van der Waals surface area (Å²) in [6, 6.07) is 17.8. The fourth-order valence-corrected chi connectivity index (χ4v) is 4.21. The third-order valence-electron chi connectivity index (χ3n) is 5.86. The minimum absolute atomic E-state index is 0.00543. The summed E-state index contributed by atoms with van der Waals surface area (Å²) >= 11 is 0. The van der Waals surface area contributed by atoms with Crippen molar-refractivity contribution in [2.75, 3.05) is 16.8 Å². The Morgan fingerprint density at radius 2 is 1.88 bits per heavy atom. The molecule has 1 aliphatic rings. The first-order valence-electron chi connectivity index (χ1n) is 10.7. The molecule has 0 spiro atoms. The molecule has 1 N–H and O–H groups in total. The molecule has 4 aromatic rings. The van der Waals surface area contributed by atoms with E-state index in [1.807, 2.05) is 42.1 Å². The molecule has 0 saturated carbocycles. The molecule has 0 bridgehead atoms. The maximum Gasteiger partial charge on any atom is 0.247 e. The lowest BCUT2D eigenvalue weighted by atomic mass is 10.1. The monoisotopic (exact) mass is 424 g/mol. The second-order valence-electron chi connectivity index (χ2n) is 7.90. The zero-order valence-corrected chi connectivity index (χ0v) is 17.8. The van der Waals surface area contributed by atoms with E-state index in [0.29, 0.717) is 5.69 Å². The molecule has 1 amide bonds. The minimum Gasteiger partial charge on any atom is -0.360 e. The summed E-state index contributed by atoms with van der Waals surface area (Å²) in [7, 11) is 1.93. The predicted molar refractivity (Wildman–Crippen MR) is 125 cm³/mol. The van der Waals surface area contributed by atoms with E-state index < -0.39 is 0 Å². The lowest BCUT2D eigenvalue weighted by Crippen LogP contribution is -2.39. The SMILES string of the molecule is Cn1nccc1-c1ccc(N2CCC[C@H]2C(=O)Nc2ccc(-c3cccnc3)nc2)cc1. The van der Waals surface area contributed by atoms with Crippen LogP contribution in [0.25, 0.3) is 22.5 Å². The highest BCUT2D eigenvalue weighted by molar-refractivity contribution is 5.97. The van der Waals surface area contributed by atoms with Crippen LogP contribution in [-0.2, 0) is 11.8 Å². The number of aryl methyl sites for hydroxylation is 1. The summed E-state index contributed by atoms with van der Waals surface area (Å²) in [5, 5.41) is 7.27. The second-order valence-corrected chi connectivity index (χ2v) is 7.90. The summed E-state index contributed by atoms with van der Waals surface area (Å²) < 4.78 is 1.86. The quantitative estimate of drug-likeness (QED) is 0.521. The lowest BCUT2D eigenvalue weighted by Gasteiger charge is -2.26. The van der Waals surface area contributed by atoms with Crippen molar-refractivity contribution in [1.82, 2.24) is 19.7 Å². The Hall–Kier alpha value is -4.00. The molecule has 1 saturated heterocycles. The van der Waals surface area contributed by atoms with Gasteiger partial charge in [-0.05, 0) is 60.9 Å². The van der Waals surface area contributed by atoms with Gasteiger partial charge in [0.2, 0.25) is 5.91 Å². The predicted octanol–water partition coefficient (Wildman–Crippen LogP) is 4.15. The van der Waals surface area contributed by atoms with Gasteiger partial charge >= 0.3 is 0 Å². The molecule has 7 nitrogen and oxygen atoms in total. The van der Waals surface area contributed by atoms with Crippen LogP contribution in [0.3, 0.4) is 0 Å². The van der Waals surface area contributed by atoms with Crippen molar-refractivity contribution in [3.63, 3.8) is 0 Å². The van der Waals surface area contributed by atoms with Gasteiger partial charge in [-0.15, -0.1) is 0 Å². The lowest BCUT2D eigenvalue weighted by molar-refractivity contribution is -0.117. The van der Waals surface area contributed by atoms with E-state index in [1.54, 1.807) is 24.8 Å². The summed E-state index contributed by atoms with van der Waals surface area (Å²) in [5.74, 6) is -0.00543. The van der Waals surface area contributed by atoms with E-state index in [9.17, 15) is 4.79 Å². The molecule has 3 aromatic heterocycles. The van der Waals surface area contributed by atoms with E-state index in [4.69, 9.17) is 0 Å². The first-order valence-corrected chi connectivity index (χ1v) is 10.7. The van der Waals surface area contributed by atoms with Crippen LogP contribution in [0.5, 0.6) is 0 Å². The fourth-order valence-electron chi connectivity index (χ4n) is 4.21. The van der Waals surface area contributed by atoms with E-state index in [1.165, 1.54) is 0 Å². The number of amides is 1. The Bertz CT molecular complexity index is 1200. The summed E-state index contributed by atoms with van der Waals surface area (Å²) in [5.41, 5.74) is 5.69. The highest BCUT2D eigenvalue weighted by Crippen LogP contribution is 2.29. The van der Waals surface area contributed by atoms with E-state index in [2.05, 4.69) is 49.5 Å². The van der Waals surface area contributed by atoms with Gasteiger partial charge < -0.3 is 10.2 Å². The average Bonchev–Trinajstić information content (AvgIpc) is 3.50. The number of anilines is 2. The van der Waals surface area contributed by atoms with Gasteiger partial charge in [0.1, 0.15) is 6.04 Å². The number of benzene rings is 1. The number of carbonyl (C=O) groups is 1. The molecule has 1 aromatic carbocycles. The largest absolute Gasteiger partial charge is 0.360 e. The first kappa shape index (κ1) is 19.9. The van der Waals surface area contributed by atoms with Crippen molar-refractivity contribution >= 4 is 17.3 Å². The summed E-state index contributed by atoms with van der Waals surface area (Å²) in [4.78, 5) is 23.8. The van der Waals surface area contributed by atoms with Gasteiger partial charge in [0.25, 0.3) is 0 Å². The van der Waals surface area contributed by atoms with Crippen LogP contribution in [0.1, 0.15) is 12.8 Å². The Balaban J connectivity index is 1.28. The molecule has 1 fully saturated rings. The van der Waals surface area contributed by atoms with Crippen molar-refractivity contribution in [2.45, 2.75) is 18.9 Å². The van der Waals surface area contributed by atoms with Crippen molar-refractivity contribution in [2.24, 2.45) is 7.05 Å². The molecule has 0 radical (unpaired) electrons. The Morgan fingerprint density at radius 3 is 2.56 bits per heavy atom. The van der Waals surface area contributed by atoms with E-state index >= 15 is 0 Å². The number of aromatic nitrogens is 4. The number of pyridine rings is 2. The summed E-state index contributed by atoms with van der Waals surface area (Å²) in [6.45, 7) is 0.862. The fraction of sp³-hybridized carbons (Fsp3) is 0.200. The molecule has 0 unspecified atom stereocenters. The standard InChI is InChI=1S/C25H24N6O/c1-30-23(12-14-28-30)18-6-9-21(10-7-18)31-15-3-5-24(31)25(32)29-20-8-11-22(27-17-20)19-4-2-13-26-16-19/h2,4,6-14,16-17,24H,3,5,15H2,1H3,(H,29,32)/t24-/m0/s1. The Labute approximate surface area is 186 Å². The molecule has 32 heavy (non-hydrogen) atoms. The molecule has 160 valence electrons. The van der Waals surface area contributed by atoms with Crippen LogP contribution in [0, 0.1) is 0 Å². The second kappa shape index (κ2) is 8.63. The van der Waals surface area contributed by atoms with Gasteiger partial charge in [-0.3, -0.25) is 19.4 Å². The van der Waals surface area contributed by atoms with Crippen LogP contribution in [0.15, 0.2) is 79.4 Å². The molecule has 1 atom stereocenters. The van der Waals surface area contributed by atoms with Crippen molar-refractivity contribution in [3.8, 4) is 22.5 Å². The average molecular weight is 425 g/mol. The zero-order valence-electron chi connectivity index (χ0n) is 17.8. The van der Waals surface area contributed by atoms with Crippen molar-refractivity contribution in [1.29, 1.82) is 0 Å². The Morgan fingerprint density at radius 1 is 1.00 bits per heavy atom. The van der Waals surface area contributed by atoms with Gasteiger partial charge in [-0.2, -0.15) is 5.10 Å². The molecule has 5 rings (SSSR count). The van der Waals surface area contributed by atoms with Crippen LogP contribution in [0.2, 0.25) is 0 Å². The van der Waals surface area contributed by atoms with Gasteiger partial charge in [-0.25, -0.2) is 0 Å². The normalized spacial score (nSPS) is 15.7. The van der Waals surface area contributed by atoms with Crippen LogP contribution < -0.4 is 10.2 Å². The van der Waals surface area contributed by atoms with E-state index in [-0.39, 0.29) is 11.9 Å². The molecular formula is C25H24N6O. The van der Waals surface area contributed by atoms with Crippen molar-refractivity contribution in [3.05, 3.63) is 79.4 Å². The topological polar surface area (TPSA) is 75.9 Å². The smallest absolute Gasteiger partial charge is 0.247 e. The van der Waals surface area contributed by atoms with Gasteiger partial charge in [0, 0.05) is 43.4 Å². The maximum atomic E-state index is 13.0. The number of rotatable bonds is 5. The Kier molecular flexibility index (Phi) is 5.37. The number of nitrogens with one attached hydrogen (secondary N) is 1. The zero-order chi connectivity index (χ0) is 21.9. The first-order chi connectivity index (χ1) is 15.7. The van der Waals surface area contributed by atoms with Crippen LogP contribution >= 0.6 is 0 Å². The highest BCUT2D eigenvalue weighted by Gasteiger charge is 2.31. The van der Waals surface area contributed by atoms with Crippen molar-refractivity contribution < 1.29 is 4.79 Å². The molecule has 1 aliphatic heterocycles. The number of hydrogen-bond donors (Lipinski definition) is 1. The number of nitrogens with zero attached hydrogens (tertiary/aromatic N) is 5. The minimum atomic E-state index is -0.199. The third-order valence-corrected chi connectivity index (χ3v) is 5.86. The van der Waals surface area contributed by atoms with Crippen LogP contribution in [0.4, 0.5) is 11.4 Å². The highest BCUT2D eigenvalue weighted by atomic mass is 16.2. The van der Waals surface area contributed by atoms with Crippen LogP contribution in [-0.4, -0.2) is 38.2 Å². The third kappa shape index (κ3) is 3.97. The van der Waals surface area contributed by atoms with Gasteiger partial charge in [-0.1, -0.05) is 12.1 Å². The molecule has 4 heterocycles. The maximum absolute atomic E-state index is 13.0. The molecule has 7 heteroatoms. The van der Waals surface area contributed by atoms with Gasteiger partial charge in [0.05, 0.1) is 23.3 Å². The molecular weight excluding hydrogens is 400 g/mol. The van der Waals surface area contributed by atoms with Gasteiger partial charge in [0.15, 0.2) is 0 Å². The van der Waals surface area contributed by atoms with E-state index in [0.717, 1.165) is 47.6 Å². The summed E-state index contributed by atoms with van der Waals surface area (Å²) in [6.07, 6.45) is 8.81. The number of hydrogen-bond acceptors (Lipinski definition) is 5. The molecule has 0 aliphatic carbocycles. The number of carbonyl (C=O) groups excluding carboxylic acids is 1.